The first-order valence-electron chi connectivity index (χ1n) is 7.25. The van der Waals surface area contributed by atoms with Crippen LogP contribution in [0.3, 0.4) is 0 Å². The zero-order valence-corrected chi connectivity index (χ0v) is 12.7. The average molecular weight is 318 g/mol. The van der Waals surface area contributed by atoms with E-state index < -0.39 is 0 Å². The number of alkyl halides is 1. The van der Waals surface area contributed by atoms with Gasteiger partial charge >= 0.3 is 0 Å². The van der Waals surface area contributed by atoms with Gasteiger partial charge in [-0.15, -0.1) is 0 Å². The van der Waals surface area contributed by atoms with E-state index in [1.807, 2.05) is 0 Å². The summed E-state index contributed by atoms with van der Waals surface area (Å²) in [5.74, 6) is 0.877. The molecule has 4 heteroatoms. The summed E-state index contributed by atoms with van der Waals surface area (Å²) in [5.41, 5.74) is 0. The summed E-state index contributed by atoms with van der Waals surface area (Å²) in [7, 11) is 0. The van der Waals surface area contributed by atoms with E-state index in [0.29, 0.717) is 10.7 Å². The highest BCUT2D eigenvalue weighted by Crippen LogP contribution is 2.30. The largest absolute Gasteiger partial charge is 0.377 e. The fourth-order valence-electron chi connectivity index (χ4n) is 3.11. The number of halogens is 1. The fourth-order valence-corrected chi connectivity index (χ4v) is 3.88. The van der Waals surface area contributed by atoms with Gasteiger partial charge in [0.25, 0.3) is 0 Å². The fraction of sp³-hybridized carbons (Fsp3) is 0.929. The summed E-state index contributed by atoms with van der Waals surface area (Å²) < 4.78 is 5.58. The Morgan fingerprint density at radius 2 is 2.11 bits per heavy atom. The molecule has 1 heterocycles. The van der Waals surface area contributed by atoms with E-state index in [1.54, 1.807) is 0 Å². The molecule has 18 heavy (non-hydrogen) atoms. The number of amides is 1. The molecule has 3 nitrogen and oxygen atoms in total. The maximum atomic E-state index is 12.2. The van der Waals surface area contributed by atoms with E-state index in [9.17, 15) is 4.79 Å². The molecule has 1 N–H and O–H groups in total. The lowest BCUT2D eigenvalue weighted by Crippen LogP contribution is -2.40. The molecule has 0 aromatic carbocycles. The number of ether oxygens (including phenoxy) is 1. The molecule has 1 aliphatic heterocycles. The van der Waals surface area contributed by atoms with Crippen molar-refractivity contribution in [3.8, 4) is 0 Å². The van der Waals surface area contributed by atoms with Crippen molar-refractivity contribution in [1.82, 2.24) is 5.32 Å². The van der Waals surface area contributed by atoms with Crippen molar-refractivity contribution in [3.63, 3.8) is 0 Å². The summed E-state index contributed by atoms with van der Waals surface area (Å²) >= 11 is 3.74. The summed E-state index contributed by atoms with van der Waals surface area (Å²) in [6.45, 7) is 3.65. The molecular weight excluding hydrogens is 294 g/mol. The zero-order valence-electron chi connectivity index (χ0n) is 11.2. The SMILES string of the molecule is CCC1OCCC1C(=O)NCC1CCCCC1Br. The molecule has 2 aliphatic rings. The van der Waals surface area contributed by atoms with Crippen molar-refractivity contribution in [2.24, 2.45) is 11.8 Å². The van der Waals surface area contributed by atoms with Crippen LogP contribution in [0.5, 0.6) is 0 Å². The minimum atomic E-state index is 0.0763. The Labute approximate surface area is 118 Å². The van der Waals surface area contributed by atoms with Crippen molar-refractivity contribution in [3.05, 3.63) is 0 Å². The van der Waals surface area contributed by atoms with Gasteiger partial charge in [-0.05, 0) is 31.6 Å². The topological polar surface area (TPSA) is 38.3 Å². The Kier molecular flexibility index (Phi) is 5.49. The summed E-state index contributed by atoms with van der Waals surface area (Å²) in [5, 5.41) is 3.14. The van der Waals surface area contributed by atoms with E-state index in [-0.39, 0.29) is 17.9 Å². The van der Waals surface area contributed by atoms with Crippen LogP contribution in [0.1, 0.15) is 45.4 Å². The van der Waals surface area contributed by atoms with Crippen molar-refractivity contribution in [2.75, 3.05) is 13.2 Å². The average Bonchev–Trinajstić information content (AvgIpc) is 2.86. The third kappa shape index (κ3) is 3.47. The first-order valence-corrected chi connectivity index (χ1v) is 8.17. The Hall–Kier alpha value is -0.0900. The van der Waals surface area contributed by atoms with Crippen LogP contribution in [0, 0.1) is 11.8 Å². The van der Waals surface area contributed by atoms with Gasteiger partial charge in [-0.3, -0.25) is 4.79 Å². The van der Waals surface area contributed by atoms with E-state index in [2.05, 4.69) is 28.2 Å². The molecule has 4 unspecified atom stereocenters. The van der Waals surface area contributed by atoms with Crippen molar-refractivity contribution >= 4 is 21.8 Å². The van der Waals surface area contributed by atoms with Gasteiger partial charge in [-0.2, -0.15) is 0 Å². The summed E-state index contributed by atoms with van der Waals surface area (Å²) in [6.07, 6.45) is 7.03. The number of rotatable bonds is 4. The van der Waals surface area contributed by atoms with Gasteiger partial charge in [0.15, 0.2) is 0 Å². The van der Waals surface area contributed by atoms with E-state index in [4.69, 9.17) is 4.74 Å². The Morgan fingerprint density at radius 1 is 1.33 bits per heavy atom. The zero-order chi connectivity index (χ0) is 13.0. The molecule has 2 fully saturated rings. The van der Waals surface area contributed by atoms with Crippen LogP contribution in [-0.4, -0.2) is 30.0 Å². The normalized spacial score (nSPS) is 36.6. The third-order valence-corrected chi connectivity index (χ3v) is 5.51. The van der Waals surface area contributed by atoms with Gasteiger partial charge in [0.2, 0.25) is 5.91 Å². The maximum absolute atomic E-state index is 12.2. The van der Waals surface area contributed by atoms with Gasteiger partial charge < -0.3 is 10.1 Å². The van der Waals surface area contributed by atoms with Gasteiger partial charge in [-0.25, -0.2) is 0 Å². The molecule has 0 spiro atoms. The molecule has 2 rings (SSSR count). The quantitative estimate of drug-likeness (QED) is 0.810. The van der Waals surface area contributed by atoms with Gasteiger partial charge in [0.1, 0.15) is 0 Å². The first kappa shape index (κ1) is 14.3. The molecular formula is C14H24BrNO2. The lowest BCUT2D eigenvalue weighted by Gasteiger charge is -2.28. The molecule has 1 aliphatic carbocycles. The maximum Gasteiger partial charge on any atom is 0.225 e. The number of hydrogen-bond donors (Lipinski definition) is 1. The van der Waals surface area contributed by atoms with E-state index in [1.165, 1.54) is 25.7 Å². The minimum absolute atomic E-state index is 0.0763. The standard InChI is InChI=1S/C14H24BrNO2/c1-2-13-11(7-8-18-13)14(17)16-9-10-5-3-4-6-12(10)15/h10-13H,2-9H2,1H3,(H,16,17). The molecule has 4 atom stereocenters. The molecule has 0 radical (unpaired) electrons. The summed E-state index contributed by atoms with van der Waals surface area (Å²) in [6, 6.07) is 0. The lowest BCUT2D eigenvalue weighted by molar-refractivity contribution is -0.126. The predicted molar refractivity (Wildman–Crippen MR) is 75.8 cm³/mol. The van der Waals surface area contributed by atoms with Gasteiger partial charge in [-0.1, -0.05) is 35.7 Å². The van der Waals surface area contributed by atoms with Crippen LogP contribution in [0.15, 0.2) is 0 Å². The summed E-state index contributed by atoms with van der Waals surface area (Å²) in [4.78, 5) is 12.7. The molecule has 1 saturated carbocycles. The number of nitrogens with one attached hydrogen (secondary N) is 1. The Balaban J connectivity index is 1.77. The van der Waals surface area contributed by atoms with Crippen LogP contribution in [0.4, 0.5) is 0 Å². The Bertz CT molecular complexity index is 285. The van der Waals surface area contributed by atoms with Crippen molar-refractivity contribution in [1.29, 1.82) is 0 Å². The van der Waals surface area contributed by atoms with E-state index >= 15 is 0 Å². The van der Waals surface area contributed by atoms with Gasteiger partial charge in [0, 0.05) is 18.0 Å². The monoisotopic (exact) mass is 317 g/mol. The van der Waals surface area contributed by atoms with Crippen molar-refractivity contribution < 1.29 is 9.53 Å². The molecule has 0 bridgehead atoms. The van der Waals surface area contributed by atoms with Crippen molar-refractivity contribution in [2.45, 2.75) is 56.4 Å². The number of carbonyl (C=O) groups excluding carboxylic acids is 1. The second kappa shape index (κ2) is 6.90. The lowest BCUT2D eigenvalue weighted by atomic mass is 9.89. The molecule has 1 amide bonds. The smallest absolute Gasteiger partial charge is 0.225 e. The van der Waals surface area contributed by atoms with Crippen LogP contribution in [0.2, 0.25) is 0 Å². The molecule has 1 saturated heterocycles. The molecule has 0 aromatic heterocycles. The predicted octanol–water partition coefficient (Wildman–Crippen LogP) is 2.87. The highest BCUT2D eigenvalue weighted by molar-refractivity contribution is 9.09. The Morgan fingerprint density at radius 3 is 2.83 bits per heavy atom. The van der Waals surface area contributed by atoms with Gasteiger partial charge in [0.05, 0.1) is 12.0 Å². The van der Waals surface area contributed by atoms with E-state index in [0.717, 1.165) is 26.0 Å². The van der Waals surface area contributed by atoms with Crippen LogP contribution < -0.4 is 5.32 Å². The highest BCUT2D eigenvalue weighted by atomic mass is 79.9. The second-order valence-corrected chi connectivity index (χ2v) is 6.69. The van der Waals surface area contributed by atoms with Crippen LogP contribution >= 0.6 is 15.9 Å². The third-order valence-electron chi connectivity index (χ3n) is 4.30. The second-order valence-electron chi connectivity index (χ2n) is 5.52. The minimum Gasteiger partial charge on any atom is -0.377 e. The number of hydrogen-bond acceptors (Lipinski definition) is 2. The molecule has 104 valence electrons. The van der Waals surface area contributed by atoms with Crippen LogP contribution in [-0.2, 0) is 9.53 Å². The first-order chi connectivity index (χ1) is 8.72. The van der Waals surface area contributed by atoms with Crippen LogP contribution in [0.25, 0.3) is 0 Å². The highest BCUT2D eigenvalue weighted by Gasteiger charge is 2.33. The number of carbonyl (C=O) groups is 1. The molecule has 0 aromatic rings.